The number of benzene rings is 1. The molecule has 1 aliphatic carbocycles. The lowest BCUT2D eigenvalue weighted by molar-refractivity contribution is 0.238. The average molecular weight is 325 g/mol. The second-order valence-corrected chi connectivity index (χ2v) is 5.61. The van der Waals surface area contributed by atoms with Crippen molar-refractivity contribution in [1.82, 2.24) is 5.32 Å². The number of aliphatic hydroxyl groups is 1. The average Bonchev–Trinajstić information content (AvgIpc) is 2.81. The first-order valence-corrected chi connectivity index (χ1v) is 7.00. The SMILES string of the molecule is Cc1ccc(Br)c(NC(=O)N[C@@H]2C=C[C@H](CO)C2)c1. The van der Waals surface area contributed by atoms with E-state index in [2.05, 4.69) is 26.6 Å². The number of aryl methyl sites for hydroxylation is 1. The molecule has 1 aromatic rings. The van der Waals surface area contributed by atoms with Crippen LogP contribution in [0.3, 0.4) is 0 Å². The summed E-state index contributed by atoms with van der Waals surface area (Å²) in [7, 11) is 0. The molecule has 0 unspecified atom stereocenters. The zero-order chi connectivity index (χ0) is 13.8. The lowest BCUT2D eigenvalue weighted by atomic mass is 10.1. The quantitative estimate of drug-likeness (QED) is 0.749. The van der Waals surface area contributed by atoms with E-state index in [9.17, 15) is 4.79 Å². The van der Waals surface area contributed by atoms with Crippen LogP contribution in [0.5, 0.6) is 0 Å². The fourth-order valence-corrected chi connectivity index (χ4v) is 2.42. The Balaban J connectivity index is 1.91. The Kier molecular flexibility index (Phi) is 4.61. The lowest BCUT2D eigenvalue weighted by Gasteiger charge is -2.14. The number of halogens is 1. The summed E-state index contributed by atoms with van der Waals surface area (Å²) in [6.07, 6.45) is 4.61. The highest BCUT2D eigenvalue weighted by molar-refractivity contribution is 9.10. The predicted molar refractivity (Wildman–Crippen MR) is 79.2 cm³/mol. The number of carbonyl (C=O) groups excluding carboxylic acids is 1. The van der Waals surface area contributed by atoms with E-state index >= 15 is 0 Å². The van der Waals surface area contributed by atoms with Gasteiger partial charge in [-0.1, -0.05) is 18.2 Å². The molecule has 5 heteroatoms. The Bertz CT molecular complexity index is 502. The molecule has 3 N–H and O–H groups in total. The van der Waals surface area contributed by atoms with E-state index < -0.39 is 0 Å². The fourth-order valence-electron chi connectivity index (χ4n) is 2.08. The summed E-state index contributed by atoms with van der Waals surface area (Å²) in [6, 6.07) is 5.53. The summed E-state index contributed by atoms with van der Waals surface area (Å²) in [5.41, 5.74) is 1.83. The van der Waals surface area contributed by atoms with Crippen molar-refractivity contribution < 1.29 is 9.90 Å². The van der Waals surface area contributed by atoms with E-state index in [0.29, 0.717) is 0 Å². The van der Waals surface area contributed by atoms with Gasteiger partial charge in [-0.2, -0.15) is 0 Å². The molecule has 0 heterocycles. The molecule has 2 rings (SSSR count). The van der Waals surface area contributed by atoms with E-state index in [1.54, 1.807) is 0 Å². The largest absolute Gasteiger partial charge is 0.396 e. The number of anilines is 1. The topological polar surface area (TPSA) is 61.4 Å². The van der Waals surface area contributed by atoms with Gasteiger partial charge in [-0.25, -0.2) is 4.79 Å². The van der Waals surface area contributed by atoms with Gasteiger partial charge < -0.3 is 15.7 Å². The highest BCUT2D eigenvalue weighted by Gasteiger charge is 2.19. The maximum Gasteiger partial charge on any atom is 0.319 e. The molecule has 1 aromatic carbocycles. The Morgan fingerprint density at radius 1 is 1.47 bits per heavy atom. The van der Waals surface area contributed by atoms with E-state index in [1.165, 1.54) is 0 Å². The molecule has 4 nitrogen and oxygen atoms in total. The lowest BCUT2D eigenvalue weighted by Crippen LogP contribution is -2.36. The van der Waals surface area contributed by atoms with Crippen LogP contribution in [0.4, 0.5) is 10.5 Å². The van der Waals surface area contributed by atoms with Crippen molar-refractivity contribution in [3.05, 3.63) is 40.4 Å². The number of urea groups is 1. The number of amides is 2. The van der Waals surface area contributed by atoms with Crippen LogP contribution in [-0.2, 0) is 0 Å². The maximum absolute atomic E-state index is 11.9. The fraction of sp³-hybridized carbons (Fsp3) is 0.357. The summed E-state index contributed by atoms with van der Waals surface area (Å²) >= 11 is 3.40. The first kappa shape index (κ1) is 14.1. The number of carbonyl (C=O) groups is 1. The smallest absolute Gasteiger partial charge is 0.319 e. The monoisotopic (exact) mass is 324 g/mol. The van der Waals surface area contributed by atoms with Crippen LogP contribution >= 0.6 is 15.9 Å². The molecule has 0 spiro atoms. The molecule has 0 saturated heterocycles. The second kappa shape index (κ2) is 6.21. The van der Waals surface area contributed by atoms with E-state index in [-0.39, 0.29) is 24.6 Å². The number of nitrogens with one attached hydrogen (secondary N) is 2. The highest BCUT2D eigenvalue weighted by Crippen LogP contribution is 2.23. The summed E-state index contributed by atoms with van der Waals surface area (Å²) < 4.78 is 0.850. The van der Waals surface area contributed by atoms with Crippen molar-refractivity contribution in [3.63, 3.8) is 0 Å². The molecule has 0 fully saturated rings. The van der Waals surface area contributed by atoms with Crippen molar-refractivity contribution in [3.8, 4) is 0 Å². The minimum Gasteiger partial charge on any atom is -0.396 e. The Morgan fingerprint density at radius 3 is 2.95 bits per heavy atom. The Labute approximate surface area is 121 Å². The molecule has 102 valence electrons. The number of hydrogen-bond acceptors (Lipinski definition) is 2. The van der Waals surface area contributed by atoms with Crippen LogP contribution in [-0.4, -0.2) is 23.8 Å². The van der Waals surface area contributed by atoms with E-state index in [0.717, 1.165) is 22.1 Å². The van der Waals surface area contributed by atoms with Crippen LogP contribution in [0, 0.1) is 12.8 Å². The molecule has 1 aliphatic rings. The Hall–Kier alpha value is -1.33. The molecular formula is C14H17BrN2O2. The van der Waals surface area contributed by atoms with Crippen LogP contribution in [0.1, 0.15) is 12.0 Å². The van der Waals surface area contributed by atoms with Gasteiger partial charge in [0.05, 0.1) is 5.69 Å². The summed E-state index contributed by atoms with van der Waals surface area (Å²) in [4.78, 5) is 11.9. The van der Waals surface area contributed by atoms with Gasteiger partial charge in [-0.3, -0.25) is 0 Å². The molecule has 0 aromatic heterocycles. The van der Waals surface area contributed by atoms with Gasteiger partial charge in [0.2, 0.25) is 0 Å². The number of hydrogen-bond donors (Lipinski definition) is 3. The predicted octanol–water partition coefficient (Wildman–Crippen LogP) is 2.82. The van der Waals surface area contributed by atoms with Crippen molar-refractivity contribution >= 4 is 27.6 Å². The molecule has 19 heavy (non-hydrogen) atoms. The molecule has 2 atom stereocenters. The first-order chi connectivity index (χ1) is 9.08. The van der Waals surface area contributed by atoms with Crippen molar-refractivity contribution in [2.75, 3.05) is 11.9 Å². The van der Waals surface area contributed by atoms with Crippen LogP contribution in [0.25, 0.3) is 0 Å². The Morgan fingerprint density at radius 2 is 2.26 bits per heavy atom. The van der Waals surface area contributed by atoms with Gasteiger partial charge in [0, 0.05) is 23.0 Å². The zero-order valence-electron chi connectivity index (χ0n) is 10.7. The molecule has 0 bridgehead atoms. The highest BCUT2D eigenvalue weighted by atomic mass is 79.9. The maximum atomic E-state index is 11.9. The third-order valence-electron chi connectivity index (χ3n) is 3.09. The molecule has 0 saturated carbocycles. The van der Waals surface area contributed by atoms with Gasteiger partial charge in [0.15, 0.2) is 0 Å². The van der Waals surface area contributed by atoms with Gasteiger partial charge in [0.25, 0.3) is 0 Å². The second-order valence-electron chi connectivity index (χ2n) is 4.75. The first-order valence-electron chi connectivity index (χ1n) is 6.21. The van der Waals surface area contributed by atoms with Crippen molar-refractivity contribution in [2.24, 2.45) is 5.92 Å². The minimum absolute atomic E-state index is 0.0132. The molecule has 2 amide bonds. The summed E-state index contributed by atoms with van der Waals surface area (Å²) in [6.45, 7) is 2.10. The minimum atomic E-state index is -0.237. The van der Waals surface area contributed by atoms with Gasteiger partial charge >= 0.3 is 6.03 Å². The molecule has 0 radical (unpaired) electrons. The van der Waals surface area contributed by atoms with Crippen LogP contribution < -0.4 is 10.6 Å². The van der Waals surface area contributed by atoms with Crippen LogP contribution in [0.15, 0.2) is 34.8 Å². The molecule has 0 aliphatic heterocycles. The summed E-state index contributed by atoms with van der Waals surface area (Å²) in [5, 5.41) is 14.7. The van der Waals surface area contributed by atoms with Gasteiger partial charge in [0.1, 0.15) is 0 Å². The third-order valence-corrected chi connectivity index (χ3v) is 3.78. The van der Waals surface area contributed by atoms with Crippen molar-refractivity contribution in [1.29, 1.82) is 0 Å². The normalized spacial score (nSPS) is 21.4. The van der Waals surface area contributed by atoms with Crippen LogP contribution in [0.2, 0.25) is 0 Å². The zero-order valence-corrected chi connectivity index (χ0v) is 12.3. The summed E-state index contributed by atoms with van der Waals surface area (Å²) in [5.74, 6) is 0.149. The number of aliphatic hydroxyl groups excluding tert-OH is 1. The van der Waals surface area contributed by atoms with Gasteiger partial charge in [-0.05, 0) is 47.0 Å². The third kappa shape index (κ3) is 3.81. The standard InChI is InChI=1S/C14H17BrN2O2/c1-9-2-5-12(15)13(6-9)17-14(19)16-11-4-3-10(7-11)8-18/h2-6,10-11,18H,7-8H2,1H3,(H2,16,17,19)/t10-,11+/m0/s1. The number of rotatable bonds is 3. The van der Waals surface area contributed by atoms with E-state index in [1.807, 2.05) is 37.3 Å². The van der Waals surface area contributed by atoms with Crippen molar-refractivity contribution in [2.45, 2.75) is 19.4 Å². The van der Waals surface area contributed by atoms with Gasteiger partial charge in [-0.15, -0.1) is 0 Å². The van der Waals surface area contributed by atoms with E-state index in [4.69, 9.17) is 5.11 Å². The molecular weight excluding hydrogens is 308 g/mol.